The molecule has 0 spiro atoms. The van der Waals surface area contributed by atoms with Gasteiger partial charge in [-0.15, -0.1) is 0 Å². The van der Waals surface area contributed by atoms with E-state index in [0.717, 1.165) is 5.56 Å². The van der Waals surface area contributed by atoms with E-state index in [0.29, 0.717) is 24.2 Å². The Labute approximate surface area is 111 Å². The van der Waals surface area contributed by atoms with Crippen molar-refractivity contribution in [1.82, 2.24) is 4.98 Å². The van der Waals surface area contributed by atoms with E-state index < -0.39 is 0 Å². The standard InChI is InChI=1S/C14H15N3O2/c15-6-3-10-1-2-11(9-13(10)18)14(19)17-12-4-7-16-8-5-12/h1-2,4-5,7-9,18H,3,6,15H2,(H,16,17,19). The monoisotopic (exact) mass is 257 g/mol. The first-order valence-corrected chi connectivity index (χ1v) is 5.94. The molecule has 0 atom stereocenters. The Kier molecular flexibility index (Phi) is 4.10. The maximum atomic E-state index is 12.0. The Morgan fingerprint density at radius 2 is 2.00 bits per heavy atom. The number of carbonyl (C=O) groups excluding carboxylic acids is 1. The van der Waals surface area contributed by atoms with Crippen LogP contribution < -0.4 is 11.1 Å². The number of aromatic hydroxyl groups is 1. The summed E-state index contributed by atoms with van der Waals surface area (Å²) < 4.78 is 0. The zero-order chi connectivity index (χ0) is 13.7. The average Bonchev–Trinajstić information content (AvgIpc) is 2.42. The minimum atomic E-state index is -0.277. The highest BCUT2D eigenvalue weighted by atomic mass is 16.3. The molecule has 0 saturated heterocycles. The van der Waals surface area contributed by atoms with E-state index in [1.165, 1.54) is 6.07 Å². The number of phenolic OH excluding ortho intramolecular Hbond substituents is 1. The van der Waals surface area contributed by atoms with Crippen molar-refractivity contribution in [2.24, 2.45) is 5.73 Å². The predicted molar refractivity (Wildman–Crippen MR) is 73.1 cm³/mol. The van der Waals surface area contributed by atoms with Crippen LogP contribution in [-0.4, -0.2) is 22.5 Å². The number of nitrogens with zero attached hydrogens (tertiary/aromatic N) is 1. The van der Waals surface area contributed by atoms with Crippen LogP contribution in [0.25, 0.3) is 0 Å². The number of anilines is 1. The fraction of sp³-hybridized carbons (Fsp3) is 0.143. The summed E-state index contributed by atoms with van der Waals surface area (Å²) in [5, 5.41) is 12.5. The molecule has 4 N–H and O–H groups in total. The zero-order valence-electron chi connectivity index (χ0n) is 10.3. The van der Waals surface area contributed by atoms with E-state index in [9.17, 15) is 9.90 Å². The Balaban J connectivity index is 2.14. The number of hydrogen-bond acceptors (Lipinski definition) is 4. The average molecular weight is 257 g/mol. The van der Waals surface area contributed by atoms with E-state index in [4.69, 9.17) is 5.73 Å². The molecule has 1 aromatic heterocycles. The number of nitrogens with one attached hydrogen (secondary N) is 1. The van der Waals surface area contributed by atoms with Crippen LogP contribution in [0.3, 0.4) is 0 Å². The summed E-state index contributed by atoms with van der Waals surface area (Å²) in [6, 6.07) is 8.22. The molecule has 0 fully saturated rings. The molecule has 0 radical (unpaired) electrons. The van der Waals surface area contributed by atoms with Gasteiger partial charge < -0.3 is 16.2 Å². The summed E-state index contributed by atoms with van der Waals surface area (Å²) in [4.78, 5) is 15.8. The summed E-state index contributed by atoms with van der Waals surface area (Å²) in [5.74, 6) is -0.186. The smallest absolute Gasteiger partial charge is 0.255 e. The van der Waals surface area contributed by atoms with Gasteiger partial charge in [0, 0.05) is 23.6 Å². The van der Waals surface area contributed by atoms with Gasteiger partial charge in [-0.05, 0) is 42.8 Å². The van der Waals surface area contributed by atoms with Crippen molar-refractivity contribution in [3.05, 3.63) is 53.9 Å². The minimum absolute atomic E-state index is 0.0906. The fourth-order valence-electron chi connectivity index (χ4n) is 1.71. The van der Waals surface area contributed by atoms with E-state index in [1.807, 2.05) is 0 Å². The SMILES string of the molecule is NCCc1ccc(C(=O)Nc2ccncc2)cc1O. The Morgan fingerprint density at radius 3 is 2.63 bits per heavy atom. The highest BCUT2D eigenvalue weighted by Gasteiger charge is 2.09. The molecule has 2 aromatic rings. The number of carbonyl (C=O) groups is 1. The minimum Gasteiger partial charge on any atom is -0.508 e. The van der Waals surface area contributed by atoms with E-state index in [-0.39, 0.29) is 11.7 Å². The molecule has 1 aromatic carbocycles. The molecule has 0 unspecified atom stereocenters. The van der Waals surface area contributed by atoms with Crippen LogP contribution in [0.15, 0.2) is 42.7 Å². The van der Waals surface area contributed by atoms with Crippen LogP contribution in [0.4, 0.5) is 5.69 Å². The van der Waals surface area contributed by atoms with Crippen molar-refractivity contribution in [3.63, 3.8) is 0 Å². The van der Waals surface area contributed by atoms with Crippen LogP contribution in [0.2, 0.25) is 0 Å². The number of pyridine rings is 1. The van der Waals surface area contributed by atoms with Crippen LogP contribution in [-0.2, 0) is 6.42 Å². The van der Waals surface area contributed by atoms with E-state index >= 15 is 0 Å². The number of rotatable bonds is 4. The predicted octanol–water partition coefficient (Wildman–Crippen LogP) is 1.54. The Morgan fingerprint density at radius 1 is 1.26 bits per heavy atom. The second-order valence-electron chi connectivity index (χ2n) is 4.07. The fourth-order valence-corrected chi connectivity index (χ4v) is 1.71. The maximum absolute atomic E-state index is 12.0. The number of benzene rings is 1. The first-order valence-electron chi connectivity index (χ1n) is 5.94. The van der Waals surface area contributed by atoms with Gasteiger partial charge in [-0.25, -0.2) is 0 Å². The molecule has 0 aliphatic heterocycles. The normalized spacial score (nSPS) is 10.2. The molecular formula is C14H15N3O2. The number of phenols is 1. The van der Waals surface area contributed by atoms with E-state index in [2.05, 4.69) is 10.3 Å². The molecule has 2 rings (SSSR count). The topological polar surface area (TPSA) is 88.2 Å². The lowest BCUT2D eigenvalue weighted by Crippen LogP contribution is -2.12. The first-order chi connectivity index (χ1) is 9.20. The van der Waals surface area contributed by atoms with Gasteiger partial charge in [0.15, 0.2) is 0 Å². The highest BCUT2D eigenvalue weighted by Crippen LogP contribution is 2.20. The number of nitrogens with two attached hydrogens (primary N) is 1. The van der Waals surface area contributed by atoms with Crippen LogP contribution >= 0.6 is 0 Å². The van der Waals surface area contributed by atoms with Crippen molar-refractivity contribution in [3.8, 4) is 5.75 Å². The largest absolute Gasteiger partial charge is 0.508 e. The second kappa shape index (κ2) is 5.97. The molecule has 0 aliphatic carbocycles. The molecular weight excluding hydrogens is 242 g/mol. The van der Waals surface area contributed by atoms with E-state index in [1.54, 1.807) is 36.7 Å². The van der Waals surface area contributed by atoms with Crippen molar-refractivity contribution in [2.45, 2.75) is 6.42 Å². The third kappa shape index (κ3) is 3.29. The third-order valence-electron chi connectivity index (χ3n) is 2.70. The number of amides is 1. The molecule has 5 heteroatoms. The highest BCUT2D eigenvalue weighted by molar-refractivity contribution is 6.04. The lowest BCUT2D eigenvalue weighted by atomic mass is 10.1. The molecule has 98 valence electrons. The third-order valence-corrected chi connectivity index (χ3v) is 2.70. The van der Waals surface area contributed by atoms with Gasteiger partial charge in [0.05, 0.1) is 0 Å². The second-order valence-corrected chi connectivity index (χ2v) is 4.07. The maximum Gasteiger partial charge on any atom is 0.255 e. The van der Waals surface area contributed by atoms with Gasteiger partial charge in [0.25, 0.3) is 5.91 Å². The van der Waals surface area contributed by atoms with Crippen LogP contribution in [0, 0.1) is 0 Å². The summed E-state index contributed by atoms with van der Waals surface area (Å²) >= 11 is 0. The van der Waals surface area contributed by atoms with Crippen molar-refractivity contribution in [1.29, 1.82) is 0 Å². The summed E-state index contributed by atoms with van der Waals surface area (Å²) in [6.07, 6.45) is 3.77. The molecule has 0 saturated carbocycles. The molecule has 0 aliphatic rings. The van der Waals surface area contributed by atoms with Crippen molar-refractivity contribution < 1.29 is 9.90 Å². The summed E-state index contributed by atoms with van der Waals surface area (Å²) in [6.45, 7) is 0.454. The van der Waals surface area contributed by atoms with Gasteiger partial charge >= 0.3 is 0 Å². The lowest BCUT2D eigenvalue weighted by Gasteiger charge is -2.07. The quantitative estimate of drug-likeness (QED) is 0.775. The van der Waals surface area contributed by atoms with Gasteiger partial charge in [0.2, 0.25) is 0 Å². The number of aromatic nitrogens is 1. The van der Waals surface area contributed by atoms with Crippen molar-refractivity contribution in [2.75, 3.05) is 11.9 Å². The summed E-state index contributed by atoms with van der Waals surface area (Å²) in [7, 11) is 0. The lowest BCUT2D eigenvalue weighted by molar-refractivity contribution is 0.102. The van der Waals surface area contributed by atoms with Gasteiger partial charge in [-0.1, -0.05) is 6.07 Å². The molecule has 5 nitrogen and oxygen atoms in total. The zero-order valence-corrected chi connectivity index (χ0v) is 10.3. The Hall–Kier alpha value is -2.40. The molecule has 1 heterocycles. The Bertz CT molecular complexity index is 570. The number of hydrogen-bond donors (Lipinski definition) is 3. The van der Waals surface area contributed by atoms with Gasteiger partial charge in [0.1, 0.15) is 5.75 Å². The molecule has 1 amide bonds. The van der Waals surface area contributed by atoms with Crippen molar-refractivity contribution >= 4 is 11.6 Å². The van der Waals surface area contributed by atoms with Crippen LogP contribution in [0.1, 0.15) is 15.9 Å². The summed E-state index contributed by atoms with van der Waals surface area (Å²) in [5.41, 5.74) is 7.23. The van der Waals surface area contributed by atoms with Gasteiger partial charge in [-0.3, -0.25) is 9.78 Å². The van der Waals surface area contributed by atoms with Gasteiger partial charge in [-0.2, -0.15) is 0 Å². The first kappa shape index (κ1) is 13.0. The molecule has 0 bridgehead atoms. The van der Waals surface area contributed by atoms with Crippen LogP contribution in [0.5, 0.6) is 5.75 Å². The molecule has 19 heavy (non-hydrogen) atoms.